The average molecular weight is 364 g/mol. The second kappa shape index (κ2) is 8.53. The predicted molar refractivity (Wildman–Crippen MR) is 91.7 cm³/mol. The van der Waals surface area contributed by atoms with Crippen LogP contribution in [0.2, 0.25) is 0 Å². The second-order valence-corrected chi connectivity index (χ2v) is 6.05. The average Bonchev–Trinajstić information content (AvgIpc) is 2.96. The van der Waals surface area contributed by atoms with E-state index in [1.165, 1.54) is 19.1 Å². The summed E-state index contributed by atoms with van der Waals surface area (Å²) in [5.41, 5.74) is 6.59. The molecule has 2 aromatic heterocycles. The molecule has 1 unspecified atom stereocenters. The normalized spacial score (nSPS) is 14.6. The van der Waals surface area contributed by atoms with Gasteiger partial charge in [0.15, 0.2) is 0 Å². The molecule has 0 saturated heterocycles. The number of hydrogen-bond donors (Lipinski definition) is 2. The highest BCUT2D eigenvalue weighted by Gasteiger charge is 2.28. The molecule has 1 amide bonds. The maximum Gasteiger partial charge on any atom is 0.236 e. The van der Waals surface area contributed by atoms with Crippen molar-refractivity contribution in [2.75, 3.05) is 6.54 Å². The molecule has 0 aliphatic heterocycles. The van der Waals surface area contributed by atoms with E-state index >= 15 is 0 Å². The lowest BCUT2D eigenvalue weighted by Crippen LogP contribution is -2.39. The number of nitrogens with zero attached hydrogens (tertiary/aromatic N) is 1. The first kappa shape index (κ1) is 19.0. The molecule has 2 aromatic rings. The Balaban J connectivity index is 0.00000121. The summed E-state index contributed by atoms with van der Waals surface area (Å²) in [4.78, 5) is 17.1. The molecule has 1 atom stereocenters. The van der Waals surface area contributed by atoms with Gasteiger partial charge in [-0.1, -0.05) is 6.07 Å². The number of rotatable bonds is 6. The molecule has 0 spiro atoms. The lowest BCUT2D eigenvalue weighted by Gasteiger charge is -2.10. The van der Waals surface area contributed by atoms with E-state index in [0.717, 1.165) is 4.88 Å². The van der Waals surface area contributed by atoms with Gasteiger partial charge >= 0.3 is 0 Å². The van der Waals surface area contributed by atoms with Crippen LogP contribution < -0.4 is 11.1 Å². The van der Waals surface area contributed by atoms with E-state index in [-0.39, 0.29) is 43.2 Å². The van der Waals surface area contributed by atoms with Gasteiger partial charge in [0, 0.05) is 12.6 Å². The van der Waals surface area contributed by atoms with Crippen molar-refractivity contribution in [3.63, 3.8) is 0 Å². The van der Waals surface area contributed by atoms with E-state index < -0.39 is 0 Å². The van der Waals surface area contributed by atoms with Gasteiger partial charge in [-0.25, -0.2) is 4.98 Å². The van der Waals surface area contributed by atoms with Crippen molar-refractivity contribution in [3.05, 3.63) is 29.5 Å². The number of carbonyl (C=O) groups excluding carboxylic acids is 1. The van der Waals surface area contributed by atoms with Crippen LogP contribution in [-0.2, 0) is 11.2 Å². The van der Waals surface area contributed by atoms with E-state index in [4.69, 9.17) is 10.2 Å². The first-order valence-electron chi connectivity index (χ1n) is 6.73. The quantitative estimate of drug-likeness (QED) is 0.826. The number of oxazole rings is 1. The number of hydrogen-bond acceptors (Lipinski definition) is 5. The number of halogens is 2. The molecule has 122 valence electrons. The summed E-state index contributed by atoms with van der Waals surface area (Å²) in [5, 5.41) is 4.82. The van der Waals surface area contributed by atoms with Crippen LogP contribution >= 0.6 is 36.2 Å². The van der Waals surface area contributed by atoms with Gasteiger partial charge in [0.05, 0.1) is 17.0 Å². The van der Waals surface area contributed by atoms with E-state index in [2.05, 4.69) is 10.3 Å². The fraction of sp³-hybridized carbons (Fsp3) is 0.429. The van der Waals surface area contributed by atoms with Gasteiger partial charge in [0.1, 0.15) is 6.26 Å². The van der Waals surface area contributed by atoms with Gasteiger partial charge in [0.25, 0.3) is 0 Å². The minimum absolute atomic E-state index is 0. The number of amides is 1. The van der Waals surface area contributed by atoms with Gasteiger partial charge in [-0.2, -0.15) is 0 Å². The van der Waals surface area contributed by atoms with E-state index in [1.807, 2.05) is 17.5 Å². The minimum atomic E-state index is -0.0628. The Morgan fingerprint density at radius 3 is 2.91 bits per heavy atom. The van der Waals surface area contributed by atoms with Crippen LogP contribution in [0.3, 0.4) is 0 Å². The zero-order valence-electron chi connectivity index (χ0n) is 11.9. The number of thiophene rings is 1. The van der Waals surface area contributed by atoms with E-state index in [1.54, 1.807) is 11.3 Å². The van der Waals surface area contributed by atoms with Crippen molar-refractivity contribution in [2.24, 2.45) is 11.7 Å². The summed E-state index contributed by atoms with van der Waals surface area (Å²) >= 11 is 1.56. The molecule has 5 nitrogen and oxygen atoms in total. The van der Waals surface area contributed by atoms with Crippen molar-refractivity contribution in [3.8, 4) is 10.8 Å². The monoisotopic (exact) mass is 363 g/mol. The highest BCUT2D eigenvalue weighted by molar-refractivity contribution is 7.13. The Kier molecular flexibility index (Phi) is 7.35. The third-order valence-corrected chi connectivity index (χ3v) is 4.25. The van der Waals surface area contributed by atoms with Gasteiger partial charge in [0.2, 0.25) is 11.8 Å². The highest BCUT2D eigenvalue weighted by atomic mass is 35.5. The van der Waals surface area contributed by atoms with Crippen LogP contribution in [0.4, 0.5) is 0 Å². The zero-order chi connectivity index (χ0) is 13.9. The van der Waals surface area contributed by atoms with Crippen molar-refractivity contribution in [1.82, 2.24) is 10.3 Å². The molecule has 0 aromatic carbocycles. The Hall–Kier alpha value is -1.08. The summed E-state index contributed by atoms with van der Waals surface area (Å²) in [6.45, 7) is 0.541. The third kappa shape index (κ3) is 4.98. The molecule has 1 fully saturated rings. The van der Waals surface area contributed by atoms with E-state index in [9.17, 15) is 4.79 Å². The molecular formula is C14H19Cl2N3O2S. The largest absolute Gasteiger partial charge is 0.444 e. The van der Waals surface area contributed by atoms with Gasteiger partial charge in [-0.15, -0.1) is 36.2 Å². The molecule has 1 aliphatic carbocycles. The number of nitrogens with two attached hydrogens (primary N) is 1. The van der Waals surface area contributed by atoms with Crippen molar-refractivity contribution in [1.29, 1.82) is 0 Å². The summed E-state index contributed by atoms with van der Waals surface area (Å²) < 4.78 is 5.38. The topological polar surface area (TPSA) is 81.1 Å². The molecule has 22 heavy (non-hydrogen) atoms. The van der Waals surface area contributed by atoms with Crippen LogP contribution in [0.5, 0.6) is 0 Å². The Labute approximate surface area is 145 Å². The molecule has 1 aliphatic rings. The lowest BCUT2D eigenvalue weighted by atomic mass is 10.2. The lowest BCUT2D eigenvalue weighted by molar-refractivity contribution is -0.120. The smallest absolute Gasteiger partial charge is 0.236 e. The number of nitrogens with one attached hydrogen (secondary N) is 1. The van der Waals surface area contributed by atoms with Crippen LogP contribution in [-0.4, -0.2) is 23.5 Å². The second-order valence-electron chi connectivity index (χ2n) is 5.10. The third-order valence-electron chi connectivity index (χ3n) is 3.39. The molecule has 0 bridgehead atoms. The molecule has 3 N–H and O–H groups in total. The molecule has 0 radical (unpaired) electrons. The van der Waals surface area contributed by atoms with Crippen LogP contribution in [0.1, 0.15) is 18.5 Å². The fourth-order valence-electron chi connectivity index (χ4n) is 2.05. The Morgan fingerprint density at radius 1 is 1.50 bits per heavy atom. The first-order chi connectivity index (χ1) is 9.72. The van der Waals surface area contributed by atoms with Crippen molar-refractivity contribution >= 4 is 42.1 Å². The summed E-state index contributed by atoms with van der Waals surface area (Å²) in [6.07, 6.45) is 4.14. The highest BCUT2D eigenvalue weighted by Crippen LogP contribution is 2.31. The predicted octanol–water partition coefficient (Wildman–Crippen LogP) is 2.64. The Morgan fingerprint density at radius 2 is 2.27 bits per heavy atom. The standard InChI is InChI=1S/C14H17N3O2S.2ClH/c15-11(9-3-4-9)7-16-13(18)6-10-8-19-14(17-10)12-2-1-5-20-12;;/h1-2,5,8-9,11H,3-4,6-7,15H2,(H,16,18);2*1H. The molecular weight excluding hydrogens is 345 g/mol. The minimum Gasteiger partial charge on any atom is -0.444 e. The molecule has 8 heteroatoms. The maximum absolute atomic E-state index is 11.8. The maximum atomic E-state index is 11.8. The Bertz CT molecular complexity index is 585. The molecule has 3 rings (SSSR count). The van der Waals surface area contributed by atoms with Gasteiger partial charge in [-0.3, -0.25) is 4.79 Å². The van der Waals surface area contributed by atoms with Gasteiger partial charge in [-0.05, 0) is 30.2 Å². The van der Waals surface area contributed by atoms with Crippen molar-refractivity contribution < 1.29 is 9.21 Å². The number of carbonyl (C=O) groups is 1. The zero-order valence-corrected chi connectivity index (χ0v) is 14.3. The van der Waals surface area contributed by atoms with Crippen LogP contribution in [0, 0.1) is 5.92 Å². The summed E-state index contributed by atoms with van der Waals surface area (Å²) in [6, 6.07) is 3.96. The summed E-state index contributed by atoms with van der Waals surface area (Å²) in [7, 11) is 0. The summed E-state index contributed by atoms with van der Waals surface area (Å²) in [5.74, 6) is 1.09. The van der Waals surface area contributed by atoms with Crippen molar-refractivity contribution in [2.45, 2.75) is 25.3 Å². The van der Waals surface area contributed by atoms with Crippen LogP contribution in [0.15, 0.2) is 28.2 Å². The fourth-order valence-corrected chi connectivity index (χ4v) is 2.71. The van der Waals surface area contributed by atoms with E-state index in [0.29, 0.717) is 24.0 Å². The SMILES string of the molecule is Cl.Cl.NC(CNC(=O)Cc1coc(-c2cccs2)n1)C1CC1. The van der Waals surface area contributed by atoms with Crippen LogP contribution in [0.25, 0.3) is 10.8 Å². The number of aromatic nitrogens is 1. The van der Waals surface area contributed by atoms with Gasteiger partial charge < -0.3 is 15.5 Å². The first-order valence-corrected chi connectivity index (χ1v) is 7.61. The molecule has 2 heterocycles. The molecule has 1 saturated carbocycles.